The molecular formula is C20H25ClN4O3. The van der Waals surface area contributed by atoms with E-state index in [1.807, 2.05) is 23.1 Å². The van der Waals surface area contributed by atoms with Crippen LogP contribution in [0.1, 0.15) is 40.9 Å². The fourth-order valence-electron chi connectivity index (χ4n) is 3.50. The number of nitro benzene ring substituents is 1. The lowest BCUT2D eigenvalue weighted by Gasteiger charge is -2.31. The minimum absolute atomic E-state index is 0. The maximum atomic E-state index is 13.4. The highest BCUT2D eigenvalue weighted by atomic mass is 35.5. The van der Waals surface area contributed by atoms with Crippen molar-refractivity contribution in [2.75, 3.05) is 13.1 Å². The molecule has 0 radical (unpaired) electrons. The van der Waals surface area contributed by atoms with Crippen molar-refractivity contribution in [3.63, 3.8) is 0 Å². The van der Waals surface area contributed by atoms with Gasteiger partial charge in [0.2, 0.25) is 0 Å². The van der Waals surface area contributed by atoms with E-state index in [0.717, 1.165) is 38.0 Å². The third kappa shape index (κ3) is 5.27. The van der Waals surface area contributed by atoms with Gasteiger partial charge in [0.1, 0.15) is 0 Å². The monoisotopic (exact) mass is 404 g/mol. The summed E-state index contributed by atoms with van der Waals surface area (Å²) in [6.07, 6.45) is 4.54. The van der Waals surface area contributed by atoms with Gasteiger partial charge in [0.15, 0.2) is 0 Å². The van der Waals surface area contributed by atoms with Crippen LogP contribution in [-0.2, 0) is 6.54 Å². The maximum absolute atomic E-state index is 13.4. The number of carbonyl (C=O) groups excluding carboxylic acids is 1. The highest BCUT2D eigenvalue weighted by molar-refractivity contribution is 5.96. The van der Waals surface area contributed by atoms with Crippen LogP contribution < -0.4 is 5.32 Å². The smallest absolute Gasteiger partial charge is 0.269 e. The van der Waals surface area contributed by atoms with Gasteiger partial charge in [0.05, 0.1) is 17.2 Å². The van der Waals surface area contributed by atoms with E-state index in [0.29, 0.717) is 17.7 Å². The summed E-state index contributed by atoms with van der Waals surface area (Å²) in [5.74, 6) is -0.0973. The summed E-state index contributed by atoms with van der Waals surface area (Å²) >= 11 is 0. The Morgan fingerprint density at radius 3 is 2.79 bits per heavy atom. The second-order valence-electron chi connectivity index (χ2n) is 6.85. The molecular weight excluding hydrogens is 380 g/mol. The number of nitro groups is 1. The predicted octanol–water partition coefficient (Wildman–Crippen LogP) is 3.50. The Morgan fingerprint density at radius 1 is 1.29 bits per heavy atom. The highest BCUT2D eigenvalue weighted by Gasteiger charge is 2.27. The fraction of sp³-hybridized carbons (Fsp3) is 0.400. The molecule has 1 saturated heterocycles. The van der Waals surface area contributed by atoms with Crippen LogP contribution >= 0.6 is 12.4 Å². The number of amides is 1. The molecule has 2 aromatic rings. The molecule has 1 amide bonds. The van der Waals surface area contributed by atoms with E-state index in [9.17, 15) is 14.9 Å². The van der Waals surface area contributed by atoms with Crippen molar-refractivity contribution in [3.8, 4) is 0 Å². The number of rotatable bonds is 5. The minimum atomic E-state index is -0.441. The topological polar surface area (TPSA) is 88.4 Å². The largest absolute Gasteiger partial charge is 0.330 e. The van der Waals surface area contributed by atoms with E-state index in [2.05, 4.69) is 10.3 Å². The summed E-state index contributed by atoms with van der Waals surface area (Å²) in [7, 11) is 0. The van der Waals surface area contributed by atoms with Gasteiger partial charge in [-0.05, 0) is 63.0 Å². The van der Waals surface area contributed by atoms with Crippen LogP contribution in [0, 0.1) is 17.0 Å². The zero-order valence-corrected chi connectivity index (χ0v) is 16.7. The minimum Gasteiger partial charge on any atom is -0.330 e. The van der Waals surface area contributed by atoms with Crippen LogP contribution in [0.4, 0.5) is 5.69 Å². The number of aromatic nitrogens is 1. The van der Waals surface area contributed by atoms with Gasteiger partial charge in [-0.15, -0.1) is 12.4 Å². The quantitative estimate of drug-likeness (QED) is 0.608. The summed E-state index contributed by atoms with van der Waals surface area (Å²) in [6, 6.07) is 10.2. The van der Waals surface area contributed by atoms with Gasteiger partial charge in [-0.2, -0.15) is 0 Å². The van der Waals surface area contributed by atoms with E-state index < -0.39 is 4.92 Å². The Kier molecular flexibility index (Phi) is 7.90. The first-order valence-corrected chi connectivity index (χ1v) is 9.23. The third-order valence-electron chi connectivity index (χ3n) is 4.96. The summed E-state index contributed by atoms with van der Waals surface area (Å²) < 4.78 is 0. The van der Waals surface area contributed by atoms with Crippen molar-refractivity contribution >= 4 is 24.0 Å². The molecule has 1 unspecified atom stereocenters. The molecule has 2 heterocycles. The van der Waals surface area contributed by atoms with E-state index in [4.69, 9.17) is 0 Å². The average Bonchev–Trinajstić information content (AvgIpc) is 2.95. The van der Waals surface area contributed by atoms with Crippen LogP contribution in [0.5, 0.6) is 0 Å². The Morgan fingerprint density at radius 2 is 2.11 bits per heavy atom. The van der Waals surface area contributed by atoms with Crippen molar-refractivity contribution in [2.45, 2.75) is 38.8 Å². The standard InChI is InChI=1S/C20H24N4O3.ClH/c1-15-13-18(24(26)27)7-8-19(15)20(25)23(14-16-5-2-3-11-22-16)17-6-4-10-21-12-9-17;/h2-3,5,7-8,11,13,17,21H,4,6,9-10,12,14H2,1H3;1H. The molecule has 0 aliphatic carbocycles. The molecule has 0 spiro atoms. The number of aryl methyl sites for hydroxylation is 1. The van der Waals surface area contributed by atoms with Crippen molar-refractivity contribution in [1.82, 2.24) is 15.2 Å². The lowest BCUT2D eigenvalue weighted by molar-refractivity contribution is -0.384. The molecule has 1 aliphatic heterocycles. The molecule has 150 valence electrons. The number of nitrogens with one attached hydrogen (secondary N) is 1. The second-order valence-corrected chi connectivity index (χ2v) is 6.85. The van der Waals surface area contributed by atoms with Gasteiger partial charge in [0.25, 0.3) is 11.6 Å². The first-order valence-electron chi connectivity index (χ1n) is 9.23. The Labute approximate surface area is 170 Å². The van der Waals surface area contributed by atoms with Crippen LogP contribution in [0.2, 0.25) is 0 Å². The molecule has 0 saturated carbocycles. The lowest BCUT2D eigenvalue weighted by Crippen LogP contribution is -2.40. The number of pyridine rings is 1. The first kappa shape index (κ1) is 21.8. The summed E-state index contributed by atoms with van der Waals surface area (Å²) in [4.78, 5) is 30.2. The van der Waals surface area contributed by atoms with E-state index in [1.54, 1.807) is 19.2 Å². The summed E-state index contributed by atoms with van der Waals surface area (Å²) in [5.41, 5.74) is 1.96. The third-order valence-corrected chi connectivity index (χ3v) is 4.96. The lowest BCUT2D eigenvalue weighted by atomic mass is 10.0. The van der Waals surface area contributed by atoms with Gasteiger partial charge >= 0.3 is 0 Å². The Hall–Kier alpha value is -2.51. The van der Waals surface area contributed by atoms with Gasteiger partial charge in [-0.25, -0.2) is 0 Å². The van der Waals surface area contributed by atoms with Crippen molar-refractivity contribution < 1.29 is 9.72 Å². The number of hydrogen-bond acceptors (Lipinski definition) is 5. The SMILES string of the molecule is Cc1cc([N+](=O)[O-])ccc1C(=O)N(Cc1ccccn1)C1CCCNCC1.Cl. The van der Waals surface area contributed by atoms with Gasteiger partial charge in [0, 0.05) is 29.9 Å². The van der Waals surface area contributed by atoms with E-state index in [-0.39, 0.29) is 30.0 Å². The maximum Gasteiger partial charge on any atom is 0.269 e. The molecule has 1 aromatic carbocycles. The molecule has 1 aliphatic rings. The Bertz CT molecular complexity index is 808. The predicted molar refractivity (Wildman–Crippen MR) is 110 cm³/mol. The highest BCUT2D eigenvalue weighted by Crippen LogP contribution is 2.23. The molecule has 1 N–H and O–H groups in total. The number of benzene rings is 1. The number of halogens is 1. The van der Waals surface area contributed by atoms with Gasteiger partial charge < -0.3 is 10.2 Å². The molecule has 1 fully saturated rings. The van der Waals surface area contributed by atoms with Crippen molar-refractivity contribution in [1.29, 1.82) is 0 Å². The molecule has 8 heteroatoms. The number of non-ortho nitro benzene ring substituents is 1. The number of hydrogen-bond donors (Lipinski definition) is 1. The molecule has 7 nitrogen and oxygen atoms in total. The second kappa shape index (κ2) is 10.1. The zero-order chi connectivity index (χ0) is 19.2. The molecule has 1 atom stereocenters. The molecule has 0 bridgehead atoms. The molecule has 28 heavy (non-hydrogen) atoms. The van der Waals surface area contributed by atoms with E-state index >= 15 is 0 Å². The summed E-state index contributed by atoms with van der Waals surface area (Å²) in [5, 5.41) is 14.4. The van der Waals surface area contributed by atoms with Crippen LogP contribution in [0.15, 0.2) is 42.6 Å². The van der Waals surface area contributed by atoms with Gasteiger partial charge in [-0.3, -0.25) is 19.9 Å². The van der Waals surface area contributed by atoms with Crippen LogP contribution in [0.3, 0.4) is 0 Å². The number of nitrogens with zero attached hydrogens (tertiary/aromatic N) is 3. The van der Waals surface area contributed by atoms with Crippen LogP contribution in [0.25, 0.3) is 0 Å². The first-order chi connectivity index (χ1) is 13.1. The average molecular weight is 405 g/mol. The fourth-order valence-corrected chi connectivity index (χ4v) is 3.50. The normalized spacial score (nSPS) is 16.5. The van der Waals surface area contributed by atoms with Crippen molar-refractivity contribution in [3.05, 3.63) is 69.5 Å². The van der Waals surface area contributed by atoms with Crippen molar-refractivity contribution in [2.24, 2.45) is 0 Å². The zero-order valence-electron chi connectivity index (χ0n) is 15.8. The molecule has 3 rings (SSSR count). The Balaban J connectivity index is 0.00000280. The summed E-state index contributed by atoms with van der Waals surface area (Å²) in [6.45, 7) is 4.00. The van der Waals surface area contributed by atoms with Crippen LogP contribution in [-0.4, -0.2) is 39.8 Å². The van der Waals surface area contributed by atoms with E-state index in [1.165, 1.54) is 12.1 Å². The molecule has 1 aromatic heterocycles. The number of carbonyl (C=O) groups is 1. The van der Waals surface area contributed by atoms with Gasteiger partial charge in [-0.1, -0.05) is 6.07 Å².